The van der Waals surface area contributed by atoms with Crippen LogP contribution in [0.3, 0.4) is 0 Å². The Hall–Kier alpha value is -1.88. The molecule has 0 fully saturated rings. The molecule has 8 nitrogen and oxygen atoms in total. The van der Waals surface area contributed by atoms with Crippen LogP contribution in [0.2, 0.25) is 0 Å². The van der Waals surface area contributed by atoms with Crippen molar-refractivity contribution in [1.82, 2.24) is 24.1 Å². The molecule has 31 heavy (non-hydrogen) atoms. The molecule has 0 saturated heterocycles. The number of nitrogens with one attached hydrogen (secondary N) is 2. The Balaban J connectivity index is 1.58. The fraction of sp³-hybridized carbons (Fsp3) is 0.250. The molecule has 4 aromatic rings. The molecule has 3 aromatic heterocycles. The Morgan fingerprint density at radius 3 is 2.81 bits per heavy atom. The first-order valence-electron chi connectivity index (χ1n) is 9.74. The van der Waals surface area contributed by atoms with E-state index in [1.807, 2.05) is 35.9 Å². The van der Waals surface area contributed by atoms with Crippen molar-refractivity contribution < 1.29 is 4.74 Å². The second-order valence-corrected chi connectivity index (χ2v) is 9.96. The fourth-order valence-electron chi connectivity index (χ4n) is 3.59. The number of hydrogen-bond donors (Lipinski definition) is 2. The maximum Gasteiger partial charge on any atom is 0.168 e. The van der Waals surface area contributed by atoms with Gasteiger partial charge >= 0.3 is 0 Å². The van der Waals surface area contributed by atoms with E-state index in [4.69, 9.17) is 14.7 Å². The monoisotopic (exact) mass is 565 g/mol. The van der Waals surface area contributed by atoms with Crippen LogP contribution in [0.5, 0.6) is 0 Å². The molecule has 1 unspecified atom stereocenters. The summed E-state index contributed by atoms with van der Waals surface area (Å²) in [5.41, 5.74) is 4.74. The largest absolute Gasteiger partial charge is 0.373 e. The van der Waals surface area contributed by atoms with Gasteiger partial charge in [-0.3, -0.25) is 9.02 Å². The van der Waals surface area contributed by atoms with Gasteiger partial charge in [0.2, 0.25) is 0 Å². The molecule has 11 heteroatoms. The molecule has 0 aliphatic carbocycles. The minimum atomic E-state index is 0.509. The van der Waals surface area contributed by atoms with Crippen molar-refractivity contribution in [3.05, 3.63) is 47.9 Å². The van der Waals surface area contributed by atoms with Crippen LogP contribution in [-0.2, 0) is 17.9 Å². The van der Waals surface area contributed by atoms with E-state index in [1.54, 1.807) is 11.8 Å². The van der Waals surface area contributed by atoms with Gasteiger partial charge < -0.3 is 15.4 Å². The number of rotatable bonds is 6. The molecule has 1 aliphatic heterocycles. The molecule has 5 rings (SSSR count). The van der Waals surface area contributed by atoms with Gasteiger partial charge in [0.15, 0.2) is 11.5 Å². The number of thioether (sulfide) groups is 1. The number of para-hydroxylation sites is 1. The van der Waals surface area contributed by atoms with Gasteiger partial charge in [-0.25, -0.2) is 9.97 Å². The predicted octanol–water partition coefficient (Wildman–Crippen LogP) is 5.47. The van der Waals surface area contributed by atoms with Gasteiger partial charge in [-0.05, 0) is 47.4 Å². The number of ether oxygens (including phenoxy) is 1. The predicted molar refractivity (Wildman–Crippen MR) is 137 cm³/mol. The number of hydrogen-bond acceptors (Lipinski definition) is 7. The van der Waals surface area contributed by atoms with E-state index in [1.165, 1.54) is 4.90 Å². The van der Waals surface area contributed by atoms with Crippen molar-refractivity contribution in [3.8, 4) is 0 Å². The quantitative estimate of drug-likeness (QED) is 0.182. The van der Waals surface area contributed by atoms with Crippen LogP contribution in [-0.4, -0.2) is 36.9 Å². The summed E-state index contributed by atoms with van der Waals surface area (Å²) < 4.78 is 9.65. The number of halogens is 1. The number of anilines is 4. The maximum absolute atomic E-state index is 5.53. The second kappa shape index (κ2) is 8.93. The Morgan fingerprint density at radius 2 is 2.00 bits per heavy atom. The zero-order valence-electron chi connectivity index (χ0n) is 17.0. The molecule has 0 spiro atoms. The van der Waals surface area contributed by atoms with E-state index in [-0.39, 0.29) is 0 Å². The van der Waals surface area contributed by atoms with Crippen LogP contribution in [0.4, 0.5) is 23.0 Å². The summed E-state index contributed by atoms with van der Waals surface area (Å²) in [6, 6.07) is 12.3. The highest BCUT2D eigenvalue weighted by Crippen LogP contribution is 2.37. The number of nitrogens with zero attached hydrogens (tertiary/aromatic N) is 5. The van der Waals surface area contributed by atoms with E-state index in [0.29, 0.717) is 19.6 Å². The molecule has 1 atom stereocenters. The van der Waals surface area contributed by atoms with Crippen molar-refractivity contribution in [2.75, 3.05) is 23.5 Å². The number of fused-ring (bicyclic) bond motifs is 2. The Morgan fingerprint density at radius 1 is 1.13 bits per heavy atom. The lowest BCUT2D eigenvalue weighted by molar-refractivity contribution is 0.0801. The standard InChI is InChI=1S/C20H21IN7OPS/c1-12-22-19-15(23-14-5-3-4-6-16(14)31-2)10-17(25-20(19)28(12)30-21)24-18-9-13-11-29-8-7-27(13)26-18/h3-6,9-10,30H,7-8,11H2,1-2H3,(H2,23,24,25,26). The Labute approximate surface area is 198 Å². The molecule has 0 radical (unpaired) electrons. The summed E-state index contributed by atoms with van der Waals surface area (Å²) in [6.45, 7) is 4.06. The molecule has 4 heterocycles. The molecule has 160 valence electrons. The minimum absolute atomic E-state index is 0.509. The first-order valence-corrected chi connectivity index (χ1v) is 15.0. The van der Waals surface area contributed by atoms with Gasteiger partial charge in [0.1, 0.15) is 17.2 Å². The van der Waals surface area contributed by atoms with Crippen molar-refractivity contribution in [3.63, 3.8) is 0 Å². The van der Waals surface area contributed by atoms with Gasteiger partial charge in [-0.2, -0.15) is 5.10 Å². The molecular formula is C20H21IN7OPS. The number of aryl methyl sites for hydroxylation is 1. The smallest absolute Gasteiger partial charge is 0.168 e. The van der Waals surface area contributed by atoms with Crippen molar-refractivity contribution in [1.29, 1.82) is 0 Å². The maximum atomic E-state index is 5.53. The summed E-state index contributed by atoms with van der Waals surface area (Å²) in [7, 11) is 0. The number of imidazole rings is 1. The minimum Gasteiger partial charge on any atom is -0.373 e. The zero-order valence-corrected chi connectivity index (χ0v) is 21.0. The Kier molecular flexibility index (Phi) is 6.05. The van der Waals surface area contributed by atoms with E-state index in [9.17, 15) is 0 Å². The Bertz CT molecular complexity index is 1230. The van der Waals surface area contributed by atoms with Crippen LogP contribution < -0.4 is 10.6 Å². The lowest BCUT2D eigenvalue weighted by Crippen LogP contribution is -2.16. The van der Waals surface area contributed by atoms with Crippen molar-refractivity contribution >= 4 is 74.4 Å². The third-order valence-corrected chi connectivity index (χ3v) is 8.01. The average Bonchev–Trinajstić information content (AvgIpc) is 3.33. The van der Waals surface area contributed by atoms with Crippen LogP contribution in [0.25, 0.3) is 11.2 Å². The summed E-state index contributed by atoms with van der Waals surface area (Å²) in [4.78, 5) is 10.9. The fourth-order valence-corrected chi connectivity index (χ4v) is 6.29. The molecular weight excluding hydrogens is 544 g/mol. The van der Waals surface area contributed by atoms with Crippen molar-refractivity contribution in [2.24, 2.45) is 0 Å². The van der Waals surface area contributed by atoms with E-state index in [0.717, 1.165) is 52.2 Å². The van der Waals surface area contributed by atoms with E-state index < -0.39 is 0 Å². The second-order valence-electron chi connectivity index (χ2n) is 7.05. The third kappa shape index (κ3) is 4.13. The lowest BCUT2D eigenvalue weighted by Gasteiger charge is -2.13. The SMILES string of the molecule is CSc1ccccc1Nc1cc(Nc2cc3n(n2)CCOC3)nc2c1nc(C)n2PI. The first kappa shape index (κ1) is 21.0. The summed E-state index contributed by atoms with van der Waals surface area (Å²) in [5.74, 6) is 2.44. The lowest BCUT2D eigenvalue weighted by atomic mass is 10.2. The average molecular weight is 565 g/mol. The van der Waals surface area contributed by atoms with E-state index in [2.05, 4.69) is 60.5 Å². The summed E-state index contributed by atoms with van der Waals surface area (Å²) >= 11 is 4.08. The molecule has 0 amide bonds. The van der Waals surface area contributed by atoms with Crippen molar-refractivity contribution in [2.45, 2.75) is 25.0 Å². The van der Waals surface area contributed by atoms with Gasteiger partial charge in [0, 0.05) is 17.0 Å². The summed E-state index contributed by atoms with van der Waals surface area (Å²) in [6.07, 6.45) is 2.59. The topological polar surface area (TPSA) is 81.8 Å². The first-order chi connectivity index (χ1) is 15.2. The van der Waals surface area contributed by atoms with Gasteiger partial charge in [-0.1, -0.05) is 12.1 Å². The zero-order chi connectivity index (χ0) is 21.4. The van der Waals surface area contributed by atoms with Crippen LogP contribution in [0, 0.1) is 6.92 Å². The van der Waals surface area contributed by atoms with Crippen LogP contribution in [0.1, 0.15) is 11.5 Å². The normalized spacial score (nSPS) is 13.8. The highest BCUT2D eigenvalue weighted by atomic mass is 127. The van der Waals surface area contributed by atoms with Gasteiger partial charge in [-0.15, -0.1) is 11.8 Å². The highest BCUT2D eigenvalue weighted by molar-refractivity contribution is 14.2. The van der Waals surface area contributed by atoms with Gasteiger partial charge in [0.25, 0.3) is 0 Å². The molecule has 0 saturated carbocycles. The molecule has 0 bridgehead atoms. The van der Waals surface area contributed by atoms with Crippen LogP contribution in [0.15, 0.2) is 41.3 Å². The number of pyridine rings is 1. The molecule has 1 aliphatic rings. The summed E-state index contributed by atoms with van der Waals surface area (Å²) in [5, 5.41) is 11.6. The third-order valence-electron chi connectivity index (χ3n) is 5.06. The highest BCUT2D eigenvalue weighted by Gasteiger charge is 2.17. The number of benzene rings is 1. The van der Waals surface area contributed by atoms with Gasteiger partial charge in [0.05, 0.1) is 43.2 Å². The number of aromatic nitrogens is 5. The van der Waals surface area contributed by atoms with Crippen LogP contribution >= 0.6 is 40.2 Å². The molecule has 2 N–H and O–H groups in total. The van der Waals surface area contributed by atoms with E-state index >= 15 is 0 Å². The molecule has 1 aromatic carbocycles.